The maximum absolute atomic E-state index is 3.51. The third kappa shape index (κ3) is 10.1. The van der Waals surface area contributed by atoms with Crippen LogP contribution in [0.25, 0.3) is 0 Å². The van der Waals surface area contributed by atoms with Gasteiger partial charge in [-0.15, -0.1) is 0 Å². The van der Waals surface area contributed by atoms with Gasteiger partial charge in [0.2, 0.25) is 0 Å². The molecule has 0 saturated carbocycles. The fourth-order valence-electron chi connectivity index (χ4n) is 0.500. The third-order valence-corrected chi connectivity index (χ3v) is 0.957. The van der Waals surface area contributed by atoms with E-state index in [4.69, 9.17) is 0 Å². The average Bonchev–Trinajstić information content (AvgIpc) is 1.69. The molecule has 0 aromatic heterocycles. The number of hydrogen-bond acceptors (Lipinski definition) is 1. The zero-order valence-corrected chi connectivity index (χ0v) is 8.45. The molecule has 0 unspecified atom stereocenters. The fourth-order valence-corrected chi connectivity index (χ4v) is 0.500. The first-order valence-electron chi connectivity index (χ1n) is 2.91. The van der Waals surface area contributed by atoms with Gasteiger partial charge >= 0.3 is 0 Å². The predicted molar refractivity (Wildman–Crippen MR) is 32.9 cm³/mol. The van der Waals surface area contributed by atoms with Crippen LogP contribution in [-0.2, 0) is 32.7 Å². The summed E-state index contributed by atoms with van der Waals surface area (Å²) in [5, 5.41) is 2.85. The minimum Gasteiger partial charge on any atom is -0.473 e. The molecular weight excluding hydrogens is 175 g/mol. The van der Waals surface area contributed by atoms with Crippen molar-refractivity contribution >= 4 is 0 Å². The number of unbranched alkanes of at least 4 members (excludes halogenated alkanes) is 2. The van der Waals surface area contributed by atoms with Gasteiger partial charge < -0.3 is 5.32 Å². The van der Waals surface area contributed by atoms with E-state index in [1.54, 1.807) is 0 Å². The van der Waals surface area contributed by atoms with Gasteiger partial charge in [0.25, 0.3) is 0 Å². The van der Waals surface area contributed by atoms with Crippen molar-refractivity contribution in [3.63, 3.8) is 0 Å². The van der Waals surface area contributed by atoms with E-state index in [0.717, 1.165) is 6.54 Å². The van der Waals surface area contributed by atoms with Crippen molar-refractivity contribution in [1.29, 1.82) is 0 Å². The van der Waals surface area contributed by atoms with Gasteiger partial charge in [-0.2, -0.15) is 0 Å². The molecule has 0 aliphatic carbocycles. The minimum absolute atomic E-state index is 0. The van der Waals surface area contributed by atoms with Crippen molar-refractivity contribution in [3.05, 3.63) is 7.05 Å². The second-order valence-corrected chi connectivity index (χ2v) is 1.71. The largest absolute Gasteiger partial charge is 0.473 e. The first-order valence-corrected chi connectivity index (χ1v) is 2.91. The van der Waals surface area contributed by atoms with Crippen molar-refractivity contribution in [1.82, 2.24) is 5.32 Å². The van der Waals surface area contributed by atoms with Crippen molar-refractivity contribution in [2.45, 2.75) is 26.2 Å². The van der Waals surface area contributed by atoms with Crippen molar-refractivity contribution in [2.75, 3.05) is 6.54 Å². The van der Waals surface area contributed by atoms with Gasteiger partial charge in [-0.1, -0.05) is 19.8 Å². The van der Waals surface area contributed by atoms with E-state index in [9.17, 15) is 0 Å². The molecule has 0 amide bonds. The molecule has 0 atom stereocenters. The molecule has 0 heterocycles. The van der Waals surface area contributed by atoms with Crippen LogP contribution >= 0.6 is 0 Å². The van der Waals surface area contributed by atoms with Gasteiger partial charge in [-0.25, -0.2) is 0 Å². The summed E-state index contributed by atoms with van der Waals surface area (Å²) in [7, 11) is 3.51. The van der Waals surface area contributed by atoms with Crippen LogP contribution in [0.5, 0.6) is 0 Å². The van der Waals surface area contributed by atoms with Crippen LogP contribution in [-0.4, -0.2) is 6.54 Å². The first kappa shape index (κ1) is 11.8. The maximum atomic E-state index is 3.51. The van der Waals surface area contributed by atoms with Gasteiger partial charge in [-0.3, -0.25) is 7.05 Å². The molecule has 47 valence electrons. The second kappa shape index (κ2) is 10.9. The topological polar surface area (TPSA) is 12.0 Å². The monoisotopic (exact) mass is 189 g/mol. The Morgan fingerprint density at radius 2 is 2.00 bits per heavy atom. The second-order valence-electron chi connectivity index (χ2n) is 1.71. The third-order valence-electron chi connectivity index (χ3n) is 0.957. The molecule has 2 heteroatoms. The molecule has 0 fully saturated rings. The van der Waals surface area contributed by atoms with Gasteiger partial charge in [0.05, 0.1) is 0 Å². The van der Waals surface area contributed by atoms with Gasteiger partial charge in [-0.05, 0) is 13.0 Å². The zero-order chi connectivity index (χ0) is 5.54. The molecule has 1 nitrogen and oxygen atoms in total. The molecular formula is C6H14NY-. The van der Waals surface area contributed by atoms with E-state index in [1.165, 1.54) is 19.3 Å². The van der Waals surface area contributed by atoms with E-state index in [-0.39, 0.29) is 32.7 Å². The van der Waals surface area contributed by atoms with Gasteiger partial charge in [0.15, 0.2) is 0 Å². The molecule has 0 bridgehead atoms. The summed E-state index contributed by atoms with van der Waals surface area (Å²) < 4.78 is 0. The van der Waals surface area contributed by atoms with Crippen LogP contribution in [0.4, 0.5) is 0 Å². The maximum Gasteiger partial charge on any atom is 0 e. The average molecular weight is 189 g/mol. The van der Waals surface area contributed by atoms with E-state index < -0.39 is 0 Å². The van der Waals surface area contributed by atoms with Gasteiger partial charge in [0, 0.05) is 32.7 Å². The molecule has 0 aliphatic heterocycles. The molecule has 0 aromatic carbocycles. The summed E-state index contributed by atoms with van der Waals surface area (Å²) in [6, 6.07) is 0. The van der Waals surface area contributed by atoms with Gasteiger partial charge in [0.1, 0.15) is 0 Å². The van der Waals surface area contributed by atoms with E-state index in [0.29, 0.717) is 0 Å². The summed E-state index contributed by atoms with van der Waals surface area (Å²) in [5.41, 5.74) is 0. The van der Waals surface area contributed by atoms with E-state index >= 15 is 0 Å². The van der Waals surface area contributed by atoms with Crippen LogP contribution in [0.3, 0.4) is 0 Å². The Balaban J connectivity index is 0. The summed E-state index contributed by atoms with van der Waals surface area (Å²) in [5.74, 6) is 0. The Morgan fingerprint density at radius 3 is 2.38 bits per heavy atom. The number of hydrogen-bond donors (Lipinski definition) is 1. The standard InChI is InChI=1S/C6H14N.Y/c1-3-4-5-6-7-2;/h7H,2-6H2,1H3;/q-1;. The smallest absolute Gasteiger partial charge is 0 e. The molecule has 1 radical (unpaired) electrons. The van der Waals surface area contributed by atoms with Crippen LogP contribution in [0.15, 0.2) is 0 Å². The molecule has 0 spiro atoms. The first-order chi connectivity index (χ1) is 3.41. The van der Waals surface area contributed by atoms with Crippen molar-refractivity contribution in [2.24, 2.45) is 0 Å². The molecule has 0 rings (SSSR count). The van der Waals surface area contributed by atoms with E-state index in [1.807, 2.05) is 0 Å². The molecule has 0 saturated heterocycles. The van der Waals surface area contributed by atoms with Crippen molar-refractivity contribution in [3.8, 4) is 0 Å². The van der Waals surface area contributed by atoms with Crippen LogP contribution in [0.1, 0.15) is 26.2 Å². The van der Waals surface area contributed by atoms with Crippen molar-refractivity contribution < 1.29 is 32.7 Å². The SMILES string of the molecule is [CH2-]NCCCCC.[Y]. The number of rotatable bonds is 4. The Labute approximate surface area is 77.5 Å². The normalized spacial score (nSPS) is 8.25. The number of nitrogens with one attached hydrogen (secondary N) is 1. The quantitative estimate of drug-likeness (QED) is 0.522. The fraction of sp³-hybridized carbons (Fsp3) is 0.833. The molecule has 0 aromatic rings. The Morgan fingerprint density at radius 1 is 1.38 bits per heavy atom. The summed E-state index contributed by atoms with van der Waals surface area (Å²) in [4.78, 5) is 0. The summed E-state index contributed by atoms with van der Waals surface area (Å²) in [6.45, 7) is 3.26. The molecule has 1 N–H and O–H groups in total. The Bertz CT molecular complexity index is 27.7. The van der Waals surface area contributed by atoms with Crippen LogP contribution < -0.4 is 5.32 Å². The Hall–Kier alpha value is 1.06. The van der Waals surface area contributed by atoms with Crippen LogP contribution in [0, 0.1) is 7.05 Å². The molecule has 0 aliphatic rings. The van der Waals surface area contributed by atoms with Crippen LogP contribution in [0.2, 0.25) is 0 Å². The summed E-state index contributed by atoms with van der Waals surface area (Å²) >= 11 is 0. The van der Waals surface area contributed by atoms with E-state index in [2.05, 4.69) is 19.3 Å². The Kier molecular flexibility index (Phi) is 16.2. The minimum atomic E-state index is 0. The molecule has 8 heavy (non-hydrogen) atoms. The summed E-state index contributed by atoms with van der Waals surface area (Å²) in [6.07, 6.45) is 3.88. The zero-order valence-electron chi connectivity index (χ0n) is 5.61. The predicted octanol–water partition coefficient (Wildman–Crippen LogP) is 1.56.